The van der Waals surface area contributed by atoms with Gasteiger partial charge in [-0.2, -0.15) is 4.31 Å². The van der Waals surface area contributed by atoms with Gasteiger partial charge in [0.25, 0.3) is 0 Å². The van der Waals surface area contributed by atoms with E-state index < -0.39 is 16.0 Å². The van der Waals surface area contributed by atoms with Gasteiger partial charge in [-0.15, -0.1) is 0 Å². The van der Waals surface area contributed by atoms with Gasteiger partial charge in [-0.05, 0) is 49.9 Å². The van der Waals surface area contributed by atoms with Gasteiger partial charge in [-0.25, -0.2) is 18.4 Å². The molecule has 1 aliphatic rings. The molecule has 1 aromatic carbocycles. The Hall–Kier alpha value is -1.97. The van der Waals surface area contributed by atoms with E-state index >= 15 is 0 Å². The van der Waals surface area contributed by atoms with Gasteiger partial charge in [0, 0.05) is 25.2 Å². The number of aliphatic carboxylic acids is 1. The van der Waals surface area contributed by atoms with E-state index in [9.17, 15) is 13.2 Å². The van der Waals surface area contributed by atoms with Crippen molar-refractivity contribution in [2.75, 3.05) is 18.8 Å². The number of nitrogens with zero attached hydrogens (tertiary/aromatic N) is 3. The number of thioether (sulfide) groups is 1. The molecule has 9 heteroatoms. The Labute approximate surface area is 169 Å². The maximum atomic E-state index is 12.6. The first-order valence-corrected chi connectivity index (χ1v) is 11.6. The number of carboxylic acids is 1. The van der Waals surface area contributed by atoms with Gasteiger partial charge in [0.05, 0.1) is 10.6 Å². The van der Waals surface area contributed by atoms with Crippen molar-refractivity contribution in [3.05, 3.63) is 47.4 Å². The molecule has 0 bridgehead atoms. The molecule has 1 aromatic heterocycles. The number of sulfonamides is 1. The van der Waals surface area contributed by atoms with Crippen LogP contribution in [0.25, 0.3) is 0 Å². The van der Waals surface area contributed by atoms with E-state index in [-0.39, 0.29) is 5.75 Å². The first-order chi connectivity index (χ1) is 13.3. The Morgan fingerprint density at radius 3 is 2.46 bits per heavy atom. The number of hydrogen-bond acceptors (Lipinski definition) is 6. The van der Waals surface area contributed by atoms with Crippen LogP contribution in [0.5, 0.6) is 0 Å². The molecular weight excluding hydrogens is 398 g/mol. The normalized spacial score (nSPS) is 15.0. The summed E-state index contributed by atoms with van der Waals surface area (Å²) in [6, 6.07) is 8.76. The Morgan fingerprint density at radius 1 is 1.14 bits per heavy atom. The topological polar surface area (TPSA) is 100 Å². The van der Waals surface area contributed by atoms with Gasteiger partial charge in [0.15, 0.2) is 0 Å². The number of carbonyl (C=O) groups is 1. The zero-order valence-corrected chi connectivity index (χ0v) is 17.3. The lowest BCUT2D eigenvalue weighted by Crippen LogP contribution is -2.27. The largest absolute Gasteiger partial charge is 0.481 e. The van der Waals surface area contributed by atoms with Gasteiger partial charge in [-0.3, -0.25) is 4.79 Å². The third kappa shape index (κ3) is 5.30. The Kier molecular flexibility index (Phi) is 6.69. The van der Waals surface area contributed by atoms with Crippen molar-refractivity contribution in [1.29, 1.82) is 0 Å². The highest BCUT2D eigenvalue weighted by molar-refractivity contribution is 7.99. The average Bonchev–Trinajstić information content (AvgIpc) is 3.20. The lowest BCUT2D eigenvalue weighted by atomic mass is 10.1. The van der Waals surface area contributed by atoms with Crippen LogP contribution in [0.2, 0.25) is 0 Å². The summed E-state index contributed by atoms with van der Waals surface area (Å²) in [6.07, 6.45) is 3.11. The second-order valence-corrected chi connectivity index (χ2v) is 9.63. The number of aryl methyl sites for hydroxylation is 3. The quantitative estimate of drug-likeness (QED) is 0.516. The lowest BCUT2D eigenvalue weighted by molar-refractivity contribution is -0.133. The van der Waals surface area contributed by atoms with Crippen LogP contribution in [-0.2, 0) is 27.7 Å². The fourth-order valence-electron chi connectivity index (χ4n) is 3.08. The van der Waals surface area contributed by atoms with Crippen LogP contribution in [0.3, 0.4) is 0 Å². The van der Waals surface area contributed by atoms with E-state index in [0.29, 0.717) is 41.7 Å². The fourth-order valence-corrected chi connectivity index (χ4v) is 5.29. The summed E-state index contributed by atoms with van der Waals surface area (Å²) >= 11 is 1.17. The van der Waals surface area contributed by atoms with Crippen LogP contribution in [0.15, 0.2) is 40.3 Å². The van der Waals surface area contributed by atoms with E-state index in [2.05, 4.69) is 9.97 Å². The summed E-state index contributed by atoms with van der Waals surface area (Å²) in [5.74, 6) is -0.267. The molecule has 0 atom stereocenters. The van der Waals surface area contributed by atoms with Crippen molar-refractivity contribution in [3.63, 3.8) is 0 Å². The van der Waals surface area contributed by atoms with E-state index in [0.717, 1.165) is 24.1 Å². The van der Waals surface area contributed by atoms with Gasteiger partial charge in [-0.1, -0.05) is 23.9 Å². The van der Waals surface area contributed by atoms with Crippen LogP contribution < -0.4 is 0 Å². The third-order valence-corrected chi connectivity index (χ3v) is 7.29. The second-order valence-electron chi connectivity index (χ2n) is 6.70. The predicted octanol–water partition coefficient (Wildman–Crippen LogP) is 2.53. The maximum Gasteiger partial charge on any atom is 0.313 e. The molecule has 0 saturated carbocycles. The smallest absolute Gasteiger partial charge is 0.313 e. The Balaban J connectivity index is 1.64. The molecule has 2 aromatic rings. The highest BCUT2D eigenvalue weighted by atomic mass is 32.2. The maximum absolute atomic E-state index is 12.6. The van der Waals surface area contributed by atoms with Gasteiger partial charge in [0.2, 0.25) is 10.0 Å². The molecule has 1 saturated heterocycles. The van der Waals surface area contributed by atoms with Crippen molar-refractivity contribution in [2.45, 2.75) is 42.5 Å². The van der Waals surface area contributed by atoms with Crippen molar-refractivity contribution in [3.8, 4) is 0 Å². The average molecular weight is 422 g/mol. The molecule has 2 heterocycles. The van der Waals surface area contributed by atoms with Crippen molar-refractivity contribution in [2.24, 2.45) is 0 Å². The SMILES string of the molecule is Cc1cc(SCC(=O)O)nc(CCc2ccc(S(=O)(=O)N3CCCC3)cc2)n1. The van der Waals surface area contributed by atoms with E-state index in [1.54, 1.807) is 22.5 Å². The highest BCUT2D eigenvalue weighted by Gasteiger charge is 2.26. The summed E-state index contributed by atoms with van der Waals surface area (Å²) < 4.78 is 26.7. The number of benzene rings is 1. The van der Waals surface area contributed by atoms with Gasteiger partial charge < -0.3 is 5.11 Å². The first-order valence-electron chi connectivity index (χ1n) is 9.13. The van der Waals surface area contributed by atoms with Crippen LogP contribution in [0.1, 0.15) is 29.9 Å². The first kappa shape index (κ1) is 20.8. The van der Waals surface area contributed by atoms with Crippen molar-refractivity contribution in [1.82, 2.24) is 14.3 Å². The third-order valence-electron chi connectivity index (χ3n) is 4.48. The van der Waals surface area contributed by atoms with E-state index in [1.165, 1.54) is 11.8 Å². The zero-order valence-electron chi connectivity index (χ0n) is 15.7. The van der Waals surface area contributed by atoms with E-state index in [1.807, 2.05) is 19.1 Å². The van der Waals surface area contributed by atoms with Crippen LogP contribution >= 0.6 is 11.8 Å². The van der Waals surface area contributed by atoms with Crippen molar-refractivity contribution < 1.29 is 18.3 Å². The summed E-state index contributed by atoms with van der Waals surface area (Å²) in [4.78, 5) is 19.9. The molecule has 1 fully saturated rings. The summed E-state index contributed by atoms with van der Waals surface area (Å²) in [5.41, 5.74) is 1.80. The monoisotopic (exact) mass is 421 g/mol. The summed E-state index contributed by atoms with van der Waals surface area (Å²) in [5, 5.41) is 9.45. The molecule has 1 aliphatic heterocycles. The van der Waals surface area contributed by atoms with Gasteiger partial charge in [0.1, 0.15) is 10.9 Å². The number of hydrogen-bond donors (Lipinski definition) is 1. The summed E-state index contributed by atoms with van der Waals surface area (Å²) in [7, 11) is -3.39. The van der Waals surface area contributed by atoms with E-state index in [4.69, 9.17) is 5.11 Å². The molecule has 0 spiro atoms. The van der Waals surface area contributed by atoms with Crippen LogP contribution in [0, 0.1) is 6.92 Å². The lowest BCUT2D eigenvalue weighted by Gasteiger charge is -2.15. The minimum Gasteiger partial charge on any atom is -0.481 e. The molecular formula is C19H23N3O4S2. The Morgan fingerprint density at radius 2 is 1.82 bits per heavy atom. The fraction of sp³-hybridized carbons (Fsp3) is 0.421. The standard InChI is InChI=1S/C19H23N3O4S2/c1-14-12-18(27-13-19(23)24)21-17(20-14)9-6-15-4-7-16(8-5-15)28(25,26)22-10-2-3-11-22/h4-5,7-8,12H,2-3,6,9-11,13H2,1H3,(H,23,24). The molecule has 0 radical (unpaired) electrons. The van der Waals surface area contributed by atoms with Gasteiger partial charge >= 0.3 is 5.97 Å². The zero-order chi connectivity index (χ0) is 20.1. The minimum atomic E-state index is -3.39. The van der Waals surface area contributed by atoms with Crippen LogP contribution in [0.4, 0.5) is 0 Å². The van der Waals surface area contributed by atoms with Crippen molar-refractivity contribution >= 4 is 27.8 Å². The second kappa shape index (κ2) is 9.02. The molecule has 3 rings (SSSR count). The highest BCUT2D eigenvalue weighted by Crippen LogP contribution is 2.21. The molecule has 0 amide bonds. The minimum absolute atomic E-state index is 0.0388. The number of aromatic nitrogens is 2. The number of carboxylic acid groups (broad SMARTS) is 1. The number of rotatable bonds is 8. The molecule has 7 nitrogen and oxygen atoms in total. The molecule has 1 N–H and O–H groups in total. The summed E-state index contributed by atoms with van der Waals surface area (Å²) in [6.45, 7) is 3.04. The molecule has 150 valence electrons. The van der Waals surface area contributed by atoms with Crippen LogP contribution in [-0.4, -0.2) is 52.6 Å². The molecule has 28 heavy (non-hydrogen) atoms. The molecule has 0 unspecified atom stereocenters. The molecule has 0 aliphatic carbocycles. The predicted molar refractivity (Wildman–Crippen MR) is 107 cm³/mol. The Bertz CT molecular complexity index is 940.